The molecule has 2 bridgehead atoms. The molecule has 1 saturated carbocycles. The lowest BCUT2D eigenvalue weighted by molar-refractivity contribution is 0.170. The Morgan fingerprint density at radius 2 is 1.69 bits per heavy atom. The van der Waals surface area contributed by atoms with Gasteiger partial charge in [0.1, 0.15) is 0 Å². The van der Waals surface area contributed by atoms with Crippen molar-refractivity contribution in [2.45, 2.75) is 25.7 Å². The van der Waals surface area contributed by atoms with Gasteiger partial charge in [-0.2, -0.15) is 0 Å². The minimum absolute atomic E-state index is 1.02. The van der Waals surface area contributed by atoms with Crippen LogP contribution in [-0.4, -0.2) is 24.5 Å². The number of benzene rings is 1. The largest absolute Gasteiger partial charge is 0.302 e. The maximum Gasteiger partial charge on any atom is 0.00221 e. The van der Waals surface area contributed by atoms with Crippen molar-refractivity contribution in [2.24, 2.45) is 11.8 Å². The van der Waals surface area contributed by atoms with Gasteiger partial charge < -0.3 is 4.90 Å². The van der Waals surface area contributed by atoms with Crippen molar-refractivity contribution in [3.8, 4) is 0 Å². The summed E-state index contributed by atoms with van der Waals surface area (Å²) in [7, 11) is 0. The van der Waals surface area contributed by atoms with E-state index in [-0.39, 0.29) is 0 Å². The molecule has 1 aliphatic heterocycles. The smallest absolute Gasteiger partial charge is 0.00221 e. The summed E-state index contributed by atoms with van der Waals surface area (Å²) < 4.78 is 0. The molecule has 0 spiro atoms. The summed E-state index contributed by atoms with van der Waals surface area (Å²) in [4.78, 5) is 2.69. The van der Waals surface area contributed by atoms with E-state index < -0.39 is 0 Å². The van der Waals surface area contributed by atoms with Crippen LogP contribution in [0.4, 0.5) is 0 Å². The van der Waals surface area contributed by atoms with Crippen molar-refractivity contribution in [3.05, 3.63) is 35.9 Å². The Bertz CT molecular complexity index is 321. The highest BCUT2D eigenvalue weighted by atomic mass is 15.1. The molecular formula is C15H21N. The summed E-state index contributed by atoms with van der Waals surface area (Å²) in [5.74, 6) is 2.05. The molecule has 0 amide bonds. The summed E-state index contributed by atoms with van der Waals surface area (Å²) in [5.41, 5.74) is 1.49. The van der Waals surface area contributed by atoms with Crippen molar-refractivity contribution in [1.82, 2.24) is 4.90 Å². The SMILES string of the molecule is c1ccc(CCN2CC3CCC(C3)C2)cc1. The van der Waals surface area contributed by atoms with Crippen LogP contribution in [0.2, 0.25) is 0 Å². The van der Waals surface area contributed by atoms with Crippen LogP contribution in [0.5, 0.6) is 0 Å². The molecule has 1 aliphatic carbocycles. The molecule has 16 heavy (non-hydrogen) atoms. The third kappa shape index (κ3) is 2.30. The van der Waals surface area contributed by atoms with Crippen LogP contribution in [0.15, 0.2) is 30.3 Å². The van der Waals surface area contributed by atoms with Gasteiger partial charge in [0, 0.05) is 19.6 Å². The van der Waals surface area contributed by atoms with Gasteiger partial charge in [-0.05, 0) is 43.1 Å². The second-order valence-corrected chi connectivity index (χ2v) is 5.54. The van der Waals surface area contributed by atoms with Gasteiger partial charge in [0.15, 0.2) is 0 Å². The van der Waals surface area contributed by atoms with Crippen LogP contribution in [0.25, 0.3) is 0 Å². The van der Waals surface area contributed by atoms with Crippen LogP contribution >= 0.6 is 0 Å². The zero-order valence-corrected chi connectivity index (χ0v) is 9.94. The quantitative estimate of drug-likeness (QED) is 0.749. The number of fused-ring (bicyclic) bond motifs is 2. The van der Waals surface area contributed by atoms with E-state index >= 15 is 0 Å². The Balaban J connectivity index is 1.52. The fraction of sp³-hybridized carbons (Fsp3) is 0.600. The molecular weight excluding hydrogens is 194 g/mol. The summed E-state index contributed by atoms with van der Waals surface area (Å²) in [6.45, 7) is 3.99. The highest BCUT2D eigenvalue weighted by molar-refractivity contribution is 5.14. The number of piperidine rings is 1. The van der Waals surface area contributed by atoms with E-state index in [1.54, 1.807) is 0 Å². The van der Waals surface area contributed by atoms with Crippen LogP contribution < -0.4 is 0 Å². The van der Waals surface area contributed by atoms with Crippen LogP contribution in [-0.2, 0) is 6.42 Å². The van der Waals surface area contributed by atoms with Crippen LogP contribution in [0.1, 0.15) is 24.8 Å². The van der Waals surface area contributed by atoms with Crippen molar-refractivity contribution in [3.63, 3.8) is 0 Å². The molecule has 2 fully saturated rings. The first-order valence-electron chi connectivity index (χ1n) is 6.66. The second-order valence-electron chi connectivity index (χ2n) is 5.54. The average molecular weight is 215 g/mol. The Kier molecular flexibility index (Phi) is 2.96. The van der Waals surface area contributed by atoms with Gasteiger partial charge in [0.25, 0.3) is 0 Å². The van der Waals surface area contributed by atoms with E-state index in [0.717, 1.165) is 11.8 Å². The summed E-state index contributed by atoms with van der Waals surface area (Å²) in [6.07, 6.45) is 5.72. The van der Waals surface area contributed by atoms with Crippen molar-refractivity contribution in [2.75, 3.05) is 19.6 Å². The molecule has 2 atom stereocenters. The molecule has 0 N–H and O–H groups in total. The first-order chi connectivity index (χ1) is 7.90. The Morgan fingerprint density at radius 3 is 2.38 bits per heavy atom. The highest BCUT2D eigenvalue weighted by Gasteiger charge is 2.32. The maximum absolute atomic E-state index is 2.69. The molecule has 1 aromatic rings. The maximum atomic E-state index is 2.69. The molecule has 1 heteroatoms. The molecule has 2 aliphatic rings. The minimum atomic E-state index is 1.02. The van der Waals surface area contributed by atoms with Crippen molar-refractivity contribution >= 4 is 0 Å². The van der Waals surface area contributed by atoms with Crippen LogP contribution in [0.3, 0.4) is 0 Å². The molecule has 1 saturated heterocycles. The lowest BCUT2D eigenvalue weighted by Crippen LogP contribution is -2.37. The molecule has 1 nitrogen and oxygen atoms in total. The number of rotatable bonds is 3. The first kappa shape index (κ1) is 10.3. The third-order valence-electron chi connectivity index (χ3n) is 4.24. The second kappa shape index (κ2) is 4.58. The lowest BCUT2D eigenvalue weighted by Gasteiger charge is -2.31. The average Bonchev–Trinajstić information content (AvgIpc) is 2.67. The van der Waals surface area contributed by atoms with E-state index in [2.05, 4.69) is 35.2 Å². The van der Waals surface area contributed by atoms with Crippen molar-refractivity contribution in [1.29, 1.82) is 0 Å². The fourth-order valence-electron chi connectivity index (χ4n) is 3.43. The molecule has 0 radical (unpaired) electrons. The van der Waals surface area contributed by atoms with E-state index in [9.17, 15) is 0 Å². The lowest BCUT2D eigenvalue weighted by atomic mass is 9.98. The van der Waals surface area contributed by atoms with Crippen LogP contribution in [0, 0.1) is 11.8 Å². The predicted octanol–water partition coefficient (Wildman–Crippen LogP) is 2.96. The van der Waals surface area contributed by atoms with Gasteiger partial charge in [-0.3, -0.25) is 0 Å². The molecule has 3 rings (SSSR count). The van der Waals surface area contributed by atoms with Crippen molar-refractivity contribution < 1.29 is 0 Å². The summed E-state index contributed by atoms with van der Waals surface area (Å²) in [6, 6.07) is 10.9. The van der Waals surface area contributed by atoms with Gasteiger partial charge in [-0.15, -0.1) is 0 Å². The van der Waals surface area contributed by atoms with E-state index in [1.165, 1.54) is 50.9 Å². The van der Waals surface area contributed by atoms with Gasteiger partial charge in [-0.1, -0.05) is 30.3 Å². The standard InChI is InChI=1S/C15H21N/c1-2-4-13(5-3-1)8-9-16-11-14-6-7-15(10-14)12-16/h1-5,14-15H,6-12H2. The summed E-state index contributed by atoms with van der Waals surface area (Å²) >= 11 is 0. The number of likely N-dealkylation sites (tertiary alicyclic amines) is 1. The first-order valence-corrected chi connectivity index (χ1v) is 6.66. The van der Waals surface area contributed by atoms with Gasteiger partial charge in [0.05, 0.1) is 0 Å². The zero-order chi connectivity index (χ0) is 10.8. The normalized spacial score (nSPS) is 29.5. The molecule has 2 unspecified atom stereocenters. The van der Waals surface area contributed by atoms with E-state index in [1.807, 2.05) is 0 Å². The molecule has 1 heterocycles. The number of hydrogen-bond donors (Lipinski definition) is 0. The zero-order valence-electron chi connectivity index (χ0n) is 9.94. The topological polar surface area (TPSA) is 3.24 Å². The number of nitrogens with zero attached hydrogens (tertiary/aromatic N) is 1. The van der Waals surface area contributed by atoms with Gasteiger partial charge in [-0.25, -0.2) is 0 Å². The van der Waals surface area contributed by atoms with E-state index in [4.69, 9.17) is 0 Å². The molecule has 0 aromatic heterocycles. The highest BCUT2D eigenvalue weighted by Crippen LogP contribution is 2.36. The monoisotopic (exact) mass is 215 g/mol. The third-order valence-corrected chi connectivity index (χ3v) is 4.24. The Morgan fingerprint density at radius 1 is 1.00 bits per heavy atom. The predicted molar refractivity (Wildman–Crippen MR) is 67.4 cm³/mol. The minimum Gasteiger partial charge on any atom is -0.302 e. The number of hydrogen-bond acceptors (Lipinski definition) is 1. The molecule has 1 aromatic carbocycles. The Hall–Kier alpha value is -0.820. The molecule has 86 valence electrons. The van der Waals surface area contributed by atoms with E-state index in [0.29, 0.717) is 0 Å². The Labute approximate surface area is 98.5 Å². The fourth-order valence-corrected chi connectivity index (χ4v) is 3.43. The van der Waals surface area contributed by atoms with Gasteiger partial charge in [0.2, 0.25) is 0 Å². The van der Waals surface area contributed by atoms with Gasteiger partial charge >= 0.3 is 0 Å². The summed E-state index contributed by atoms with van der Waals surface area (Å²) in [5, 5.41) is 0.